The van der Waals surface area contributed by atoms with Crippen molar-refractivity contribution in [3.8, 4) is 0 Å². The van der Waals surface area contributed by atoms with Crippen molar-refractivity contribution in [1.29, 1.82) is 0 Å². The highest BCUT2D eigenvalue weighted by Gasteiger charge is 2.05. The quantitative estimate of drug-likeness (QED) is 0.286. The topological polar surface area (TPSA) is 26.3 Å². The summed E-state index contributed by atoms with van der Waals surface area (Å²) in [7, 11) is 0. The van der Waals surface area contributed by atoms with E-state index >= 15 is 0 Å². The van der Waals surface area contributed by atoms with Gasteiger partial charge >= 0.3 is 5.97 Å². The first-order chi connectivity index (χ1) is 7.19. The van der Waals surface area contributed by atoms with Crippen molar-refractivity contribution < 1.29 is 9.53 Å². The number of hydrogen-bond donors (Lipinski definition) is 0. The zero-order valence-electron chi connectivity index (χ0n) is 8.61. The third kappa shape index (κ3) is 4.62. The molecule has 0 rings (SSSR count). The van der Waals surface area contributed by atoms with E-state index in [2.05, 4.69) is 26.3 Å². The molecule has 0 radical (unpaired) electrons. The molecule has 0 aliphatic rings. The van der Waals surface area contributed by atoms with Crippen LogP contribution in [-0.2, 0) is 9.53 Å². The number of rotatable bonds is 6. The van der Waals surface area contributed by atoms with E-state index in [-0.39, 0.29) is 0 Å². The van der Waals surface area contributed by atoms with Gasteiger partial charge in [-0.3, -0.25) is 0 Å². The van der Waals surface area contributed by atoms with Crippen LogP contribution < -0.4 is 0 Å². The Hall–Kier alpha value is -2.09. The van der Waals surface area contributed by atoms with Gasteiger partial charge in [0.25, 0.3) is 0 Å². The molecule has 0 N–H and O–H groups in total. The summed E-state index contributed by atoms with van der Waals surface area (Å²) in [6.45, 7) is 14.0. The molecule has 0 saturated heterocycles. The minimum Gasteiger partial charge on any atom is -0.423 e. The van der Waals surface area contributed by atoms with E-state index in [1.807, 2.05) is 0 Å². The number of carbonyl (C=O) groups excluding carboxylic acids is 1. The second kappa shape index (κ2) is 7.33. The van der Waals surface area contributed by atoms with Crippen LogP contribution in [0.2, 0.25) is 0 Å². The fourth-order valence-corrected chi connectivity index (χ4v) is 0.824. The van der Waals surface area contributed by atoms with Crippen LogP contribution in [0.4, 0.5) is 0 Å². The number of ether oxygens (including phenoxy) is 1. The summed E-state index contributed by atoms with van der Waals surface area (Å²) in [6.07, 6.45) is 9.00. The van der Waals surface area contributed by atoms with E-state index in [9.17, 15) is 4.79 Å². The molecule has 0 atom stereocenters. The van der Waals surface area contributed by atoms with Gasteiger partial charge in [0, 0.05) is 11.6 Å². The minimum absolute atomic E-state index is 0.366. The minimum atomic E-state index is -0.528. The Balaban J connectivity index is 5.03. The summed E-state index contributed by atoms with van der Waals surface area (Å²) in [4.78, 5) is 11.0. The highest BCUT2D eigenvalue weighted by molar-refractivity contribution is 5.82. The SMILES string of the molecule is C=C/C=C(C=C)\C(=C/C=C)OC(=O)C=C. The van der Waals surface area contributed by atoms with E-state index in [0.29, 0.717) is 11.3 Å². The number of allylic oxidation sites excluding steroid dienone is 5. The van der Waals surface area contributed by atoms with Crippen LogP contribution in [0.3, 0.4) is 0 Å². The number of hydrogen-bond acceptors (Lipinski definition) is 2. The van der Waals surface area contributed by atoms with Crippen molar-refractivity contribution in [3.63, 3.8) is 0 Å². The molecule has 0 saturated carbocycles. The Kier molecular flexibility index (Phi) is 6.31. The summed E-state index contributed by atoms with van der Waals surface area (Å²) in [6, 6.07) is 0. The fraction of sp³-hybridized carbons (Fsp3) is 0. The van der Waals surface area contributed by atoms with Gasteiger partial charge in [-0.25, -0.2) is 4.79 Å². The Bertz CT molecular complexity index is 344. The van der Waals surface area contributed by atoms with Gasteiger partial charge in [-0.2, -0.15) is 0 Å². The Morgan fingerprint density at radius 3 is 1.93 bits per heavy atom. The molecule has 2 heteroatoms. The first-order valence-electron chi connectivity index (χ1n) is 4.32. The van der Waals surface area contributed by atoms with E-state index in [4.69, 9.17) is 4.74 Å². The summed E-state index contributed by atoms with van der Waals surface area (Å²) < 4.78 is 4.99. The standard InChI is InChI=1S/C13H14O2/c1-5-9-11(7-3)12(10-6-2)15-13(14)8-4/h5-10H,1-4H2/b11-9-,12-10+. The average molecular weight is 202 g/mol. The maximum Gasteiger partial charge on any atom is 0.335 e. The number of esters is 1. The van der Waals surface area contributed by atoms with Crippen LogP contribution >= 0.6 is 0 Å². The highest BCUT2D eigenvalue weighted by Crippen LogP contribution is 2.13. The average Bonchev–Trinajstić information content (AvgIpc) is 2.25. The van der Waals surface area contributed by atoms with Crippen LogP contribution in [0, 0.1) is 0 Å². The normalized spacial score (nSPS) is 11.5. The second-order valence-electron chi connectivity index (χ2n) is 2.45. The van der Waals surface area contributed by atoms with Gasteiger partial charge in [0.15, 0.2) is 0 Å². The lowest BCUT2D eigenvalue weighted by atomic mass is 10.2. The van der Waals surface area contributed by atoms with Crippen LogP contribution in [0.1, 0.15) is 0 Å². The van der Waals surface area contributed by atoms with Crippen molar-refractivity contribution in [2.45, 2.75) is 0 Å². The first kappa shape index (κ1) is 12.9. The maximum atomic E-state index is 11.0. The molecular formula is C13H14O2. The number of carbonyl (C=O) groups is 1. The molecule has 0 fully saturated rings. The van der Waals surface area contributed by atoms with Gasteiger partial charge in [0.05, 0.1) is 0 Å². The molecule has 0 aromatic heterocycles. The molecule has 78 valence electrons. The maximum absolute atomic E-state index is 11.0. The van der Waals surface area contributed by atoms with Gasteiger partial charge in [0.1, 0.15) is 5.76 Å². The molecule has 0 unspecified atom stereocenters. The predicted octanol–water partition coefficient (Wildman–Crippen LogP) is 3.08. The molecule has 2 nitrogen and oxygen atoms in total. The lowest BCUT2D eigenvalue weighted by molar-refractivity contribution is -0.133. The van der Waals surface area contributed by atoms with Gasteiger partial charge < -0.3 is 4.74 Å². The lowest BCUT2D eigenvalue weighted by Gasteiger charge is -2.06. The van der Waals surface area contributed by atoms with Crippen molar-refractivity contribution in [2.24, 2.45) is 0 Å². The molecule has 0 amide bonds. The van der Waals surface area contributed by atoms with Crippen LogP contribution in [0.25, 0.3) is 0 Å². The molecule has 15 heavy (non-hydrogen) atoms. The van der Waals surface area contributed by atoms with Crippen molar-refractivity contribution in [1.82, 2.24) is 0 Å². The van der Waals surface area contributed by atoms with E-state index in [0.717, 1.165) is 6.08 Å². The molecule has 0 spiro atoms. The molecule has 0 heterocycles. The zero-order valence-corrected chi connectivity index (χ0v) is 8.61. The fourth-order valence-electron chi connectivity index (χ4n) is 0.824. The van der Waals surface area contributed by atoms with Crippen molar-refractivity contribution >= 4 is 5.97 Å². The second-order valence-corrected chi connectivity index (χ2v) is 2.45. The molecule has 0 aliphatic heterocycles. The molecular weight excluding hydrogens is 188 g/mol. The largest absolute Gasteiger partial charge is 0.423 e. The summed E-state index contributed by atoms with van der Waals surface area (Å²) in [5.74, 6) is -0.162. The molecule has 0 aromatic carbocycles. The summed E-state index contributed by atoms with van der Waals surface area (Å²) in [5.41, 5.74) is 0.653. The molecule has 0 aromatic rings. The first-order valence-corrected chi connectivity index (χ1v) is 4.32. The van der Waals surface area contributed by atoms with Crippen molar-refractivity contribution in [2.75, 3.05) is 0 Å². The van der Waals surface area contributed by atoms with Crippen molar-refractivity contribution in [3.05, 3.63) is 74.1 Å². The lowest BCUT2D eigenvalue weighted by Crippen LogP contribution is -2.01. The van der Waals surface area contributed by atoms with E-state index in [1.54, 1.807) is 24.3 Å². The summed E-state index contributed by atoms with van der Waals surface area (Å²) >= 11 is 0. The van der Waals surface area contributed by atoms with Crippen LogP contribution in [0.15, 0.2) is 74.1 Å². The highest BCUT2D eigenvalue weighted by atomic mass is 16.5. The Morgan fingerprint density at radius 1 is 0.933 bits per heavy atom. The van der Waals surface area contributed by atoms with Gasteiger partial charge in [-0.1, -0.05) is 50.6 Å². The molecule has 0 bridgehead atoms. The molecule has 0 aliphatic carbocycles. The van der Waals surface area contributed by atoms with Crippen LogP contribution in [-0.4, -0.2) is 5.97 Å². The third-order valence-corrected chi connectivity index (χ3v) is 1.45. The van der Waals surface area contributed by atoms with E-state index < -0.39 is 5.97 Å². The Labute approximate surface area is 90.3 Å². The Morgan fingerprint density at radius 2 is 1.53 bits per heavy atom. The van der Waals surface area contributed by atoms with Gasteiger partial charge in [0.2, 0.25) is 0 Å². The predicted molar refractivity (Wildman–Crippen MR) is 63.0 cm³/mol. The zero-order chi connectivity index (χ0) is 11.7. The van der Waals surface area contributed by atoms with Gasteiger partial charge in [-0.05, 0) is 6.08 Å². The van der Waals surface area contributed by atoms with Gasteiger partial charge in [-0.15, -0.1) is 0 Å². The smallest absolute Gasteiger partial charge is 0.335 e. The monoisotopic (exact) mass is 202 g/mol. The van der Waals surface area contributed by atoms with Crippen LogP contribution in [0.5, 0.6) is 0 Å². The summed E-state index contributed by atoms with van der Waals surface area (Å²) in [5, 5.41) is 0. The third-order valence-electron chi connectivity index (χ3n) is 1.45. The van der Waals surface area contributed by atoms with E-state index in [1.165, 1.54) is 6.08 Å².